The summed E-state index contributed by atoms with van der Waals surface area (Å²) in [4.78, 5) is 0. The topological polar surface area (TPSA) is 12.0 Å². The largest absolute Gasteiger partial charge is 0.332 e. The minimum absolute atomic E-state index is 1.20. The first-order valence-electron chi connectivity index (χ1n) is 4.40. The molecule has 0 unspecified atom stereocenters. The van der Waals surface area contributed by atoms with Crippen LogP contribution in [0.5, 0.6) is 0 Å². The van der Waals surface area contributed by atoms with Crippen molar-refractivity contribution >= 4 is 22.9 Å². The van der Waals surface area contributed by atoms with Gasteiger partial charge in [0.05, 0.1) is 22.9 Å². The lowest BCUT2D eigenvalue weighted by Crippen LogP contribution is -1.97. The number of hydrogen-bond donors (Lipinski definition) is 1. The van der Waals surface area contributed by atoms with Gasteiger partial charge in [-0.15, -0.1) is 0 Å². The molecule has 0 aromatic rings. The third-order valence-corrected chi connectivity index (χ3v) is 2.29. The van der Waals surface area contributed by atoms with Crippen LogP contribution in [0.3, 0.4) is 0 Å². The maximum absolute atomic E-state index is 3.20. The first-order valence-corrected chi connectivity index (χ1v) is 5.48. The van der Waals surface area contributed by atoms with Crippen LogP contribution in [-0.2, 0) is 0 Å². The molecule has 11 heavy (non-hydrogen) atoms. The summed E-state index contributed by atoms with van der Waals surface area (Å²) >= 11 is 2.21. The van der Waals surface area contributed by atoms with Crippen molar-refractivity contribution in [1.29, 1.82) is 0 Å². The average Bonchev–Trinajstić information content (AvgIpc) is 2.05. The molecule has 2 heteroatoms. The molecule has 0 aromatic heterocycles. The van der Waals surface area contributed by atoms with Crippen molar-refractivity contribution in [1.82, 2.24) is 3.53 Å². The van der Waals surface area contributed by atoms with E-state index in [1.54, 1.807) is 0 Å². The number of hydrogen-bond acceptors (Lipinski definition) is 1. The summed E-state index contributed by atoms with van der Waals surface area (Å²) in [5.41, 5.74) is 1.40. The van der Waals surface area contributed by atoms with Gasteiger partial charge in [0.1, 0.15) is 0 Å². The third kappa shape index (κ3) is 6.66. The highest BCUT2D eigenvalue weighted by molar-refractivity contribution is 14.1. The number of halogens is 1. The molecular weight excluding hydrogens is 249 g/mol. The van der Waals surface area contributed by atoms with Gasteiger partial charge >= 0.3 is 0 Å². The van der Waals surface area contributed by atoms with E-state index in [0.717, 1.165) is 0 Å². The van der Waals surface area contributed by atoms with E-state index in [1.165, 1.54) is 37.8 Å². The zero-order valence-corrected chi connectivity index (χ0v) is 9.65. The second-order valence-corrected chi connectivity index (χ2v) is 3.26. The van der Waals surface area contributed by atoms with E-state index in [4.69, 9.17) is 0 Å². The fourth-order valence-electron chi connectivity index (χ4n) is 0.874. The van der Waals surface area contributed by atoms with Crippen molar-refractivity contribution in [3.63, 3.8) is 0 Å². The van der Waals surface area contributed by atoms with Crippen LogP contribution in [0, 0.1) is 0 Å². The van der Waals surface area contributed by atoms with Gasteiger partial charge in [0.15, 0.2) is 0 Å². The molecule has 0 aliphatic heterocycles. The van der Waals surface area contributed by atoms with Gasteiger partial charge < -0.3 is 3.53 Å². The Bertz CT molecular complexity index is 110. The highest BCUT2D eigenvalue weighted by Crippen LogP contribution is 2.07. The number of nitrogens with one attached hydrogen (secondary N) is 1. The van der Waals surface area contributed by atoms with Crippen molar-refractivity contribution in [2.45, 2.75) is 46.0 Å². The number of unbranched alkanes of at least 4 members (excludes halogenated alkanes) is 2. The van der Waals surface area contributed by atoms with Crippen LogP contribution in [0.4, 0.5) is 0 Å². The summed E-state index contributed by atoms with van der Waals surface area (Å²) in [5.74, 6) is 0. The SMILES string of the molecule is CCC/C=C(\CCCC)NI. The van der Waals surface area contributed by atoms with Gasteiger partial charge in [0, 0.05) is 5.70 Å². The quantitative estimate of drug-likeness (QED) is 0.570. The molecule has 0 rings (SSSR count). The van der Waals surface area contributed by atoms with Crippen molar-refractivity contribution < 1.29 is 0 Å². The molecule has 0 heterocycles. The maximum atomic E-state index is 3.20. The van der Waals surface area contributed by atoms with E-state index in [0.29, 0.717) is 0 Å². The Morgan fingerprint density at radius 1 is 1.36 bits per heavy atom. The van der Waals surface area contributed by atoms with Gasteiger partial charge in [0.2, 0.25) is 0 Å². The Morgan fingerprint density at radius 2 is 2.09 bits per heavy atom. The molecule has 0 aliphatic rings. The molecule has 0 saturated carbocycles. The van der Waals surface area contributed by atoms with Crippen LogP contribution >= 0.6 is 22.9 Å². The fourth-order valence-corrected chi connectivity index (χ4v) is 1.36. The van der Waals surface area contributed by atoms with Crippen molar-refractivity contribution in [2.24, 2.45) is 0 Å². The molecule has 0 spiro atoms. The first kappa shape index (κ1) is 11.3. The van der Waals surface area contributed by atoms with Gasteiger partial charge in [0.25, 0.3) is 0 Å². The third-order valence-electron chi connectivity index (χ3n) is 1.60. The van der Waals surface area contributed by atoms with Crippen molar-refractivity contribution in [2.75, 3.05) is 0 Å². The predicted octanol–water partition coefficient (Wildman–Crippen LogP) is 3.80. The van der Waals surface area contributed by atoms with E-state index >= 15 is 0 Å². The Hall–Kier alpha value is 0.270. The molecule has 0 fully saturated rings. The Morgan fingerprint density at radius 3 is 2.55 bits per heavy atom. The molecule has 1 nitrogen and oxygen atoms in total. The smallest absolute Gasteiger partial charge is 0.0557 e. The van der Waals surface area contributed by atoms with Crippen LogP contribution in [0.1, 0.15) is 46.0 Å². The summed E-state index contributed by atoms with van der Waals surface area (Å²) in [7, 11) is 0. The molecule has 0 bridgehead atoms. The van der Waals surface area contributed by atoms with Crippen LogP contribution in [0.2, 0.25) is 0 Å². The van der Waals surface area contributed by atoms with E-state index in [9.17, 15) is 0 Å². The highest BCUT2D eigenvalue weighted by Gasteiger charge is 1.91. The second-order valence-electron chi connectivity index (χ2n) is 2.72. The predicted molar refractivity (Wildman–Crippen MR) is 59.7 cm³/mol. The molecule has 0 aliphatic carbocycles. The van der Waals surface area contributed by atoms with Gasteiger partial charge in [-0.3, -0.25) is 0 Å². The van der Waals surface area contributed by atoms with E-state index in [2.05, 4.69) is 46.3 Å². The lowest BCUT2D eigenvalue weighted by Gasteiger charge is -2.03. The minimum Gasteiger partial charge on any atom is -0.332 e. The fraction of sp³-hybridized carbons (Fsp3) is 0.778. The van der Waals surface area contributed by atoms with Gasteiger partial charge in [-0.1, -0.05) is 32.8 Å². The summed E-state index contributed by atoms with van der Waals surface area (Å²) in [6.45, 7) is 4.44. The van der Waals surface area contributed by atoms with Crippen LogP contribution < -0.4 is 3.53 Å². The molecule has 0 aromatic carbocycles. The van der Waals surface area contributed by atoms with Crippen molar-refractivity contribution in [3.8, 4) is 0 Å². The summed E-state index contributed by atoms with van der Waals surface area (Å²) < 4.78 is 3.20. The summed E-state index contributed by atoms with van der Waals surface area (Å²) in [6, 6.07) is 0. The molecule has 0 radical (unpaired) electrons. The van der Waals surface area contributed by atoms with Crippen molar-refractivity contribution in [3.05, 3.63) is 11.8 Å². The standard InChI is InChI=1S/C9H18IN/c1-3-5-7-9(11-10)8-6-4-2/h7,11H,3-6,8H2,1-2H3/b9-7+. The minimum atomic E-state index is 1.20. The Labute approximate surface area is 84.1 Å². The maximum Gasteiger partial charge on any atom is 0.0557 e. The van der Waals surface area contributed by atoms with Gasteiger partial charge in [-0.25, -0.2) is 0 Å². The average molecular weight is 267 g/mol. The molecule has 66 valence electrons. The first-order chi connectivity index (χ1) is 5.35. The molecule has 0 atom stereocenters. The monoisotopic (exact) mass is 267 g/mol. The molecular formula is C9H18IN. The Kier molecular flexibility index (Phi) is 8.57. The second kappa shape index (κ2) is 8.37. The normalized spacial score (nSPS) is 11.7. The van der Waals surface area contributed by atoms with Crippen LogP contribution in [-0.4, -0.2) is 0 Å². The van der Waals surface area contributed by atoms with Crippen LogP contribution in [0.25, 0.3) is 0 Å². The van der Waals surface area contributed by atoms with E-state index < -0.39 is 0 Å². The lowest BCUT2D eigenvalue weighted by atomic mass is 10.2. The summed E-state index contributed by atoms with van der Waals surface area (Å²) in [6.07, 6.45) is 8.54. The van der Waals surface area contributed by atoms with Gasteiger partial charge in [-0.05, 0) is 19.3 Å². The van der Waals surface area contributed by atoms with E-state index in [1.807, 2.05) is 0 Å². The Balaban J connectivity index is 3.55. The molecule has 0 amide bonds. The zero-order valence-electron chi connectivity index (χ0n) is 7.49. The number of rotatable bonds is 6. The molecule has 1 N–H and O–H groups in total. The lowest BCUT2D eigenvalue weighted by molar-refractivity contribution is 0.767. The summed E-state index contributed by atoms with van der Waals surface area (Å²) in [5, 5.41) is 0. The zero-order chi connectivity index (χ0) is 8.53. The van der Waals surface area contributed by atoms with Gasteiger partial charge in [-0.2, -0.15) is 0 Å². The number of allylic oxidation sites excluding steroid dienone is 2. The highest BCUT2D eigenvalue weighted by atomic mass is 127. The van der Waals surface area contributed by atoms with Crippen LogP contribution in [0.15, 0.2) is 11.8 Å². The molecule has 0 saturated heterocycles. The van der Waals surface area contributed by atoms with E-state index in [-0.39, 0.29) is 0 Å².